The fourth-order valence-corrected chi connectivity index (χ4v) is 6.98. The normalized spacial score (nSPS) is 11.9. The molecule has 0 atom stereocenters. The van der Waals surface area contributed by atoms with Crippen LogP contribution < -0.4 is 14.9 Å². The van der Waals surface area contributed by atoms with E-state index in [2.05, 4.69) is 78.4 Å². The van der Waals surface area contributed by atoms with Gasteiger partial charge in [0.1, 0.15) is 6.29 Å². The maximum Gasteiger partial charge on any atom is 0.323 e. The zero-order valence-corrected chi connectivity index (χ0v) is 26.2. The van der Waals surface area contributed by atoms with E-state index >= 15 is 0 Å². The Bertz CT molecular complexity index is 1870. The smallest absolute Gasteiger partial charge is 0.311 e. The van der Waals surface area contributed by atoms with Crippen LogP contribution in [0.15, 0.2) is 97.1 Å². The topological polar surface area (TPSA) is 61.4 Å². The first kappa shape index (κ1) is 29.3. The molecular weight excluding hydrogens is 563 g/mol. The minimum absolute atomic E-state index is 0.301. The first-order chi connectivity index (χ1) is 21.4. The van der Waals surface area contributed by atoms with Crippen LogP contribution in [0.2, 0.25) is 0 Å². The van der Waals surface area contributed by atoms with Crippen molar-refractivity contribution < 1.29 is 9.59 Å². The van der Waals surface area contributed by atoms with Crippen molar-refractivity contribution in [3.63, 3.8) is 0 Å². The number of rotatable bonds is 7. The van der Waals surface area contributed by atoms with Crippen LogP contribution in [0.1, 0.15) is 27.8 Å². The number of nitrogens with zero attached hydrogens (tertiary/aromatic N) is 1. The van der Waals surface area contributed by atoms with E-state index in [-0.39, 0.29) is 6.03 Å². The molecule has 0 aliphatic carbocycles. The molecule has 220 valence electrons. The van der Waals surface area contributed by atoms with Gasteiger partial charge in [0.25, 0.3) is 0 Å². The molecule has 0 fully saturated rings. The Balaban J connectivity index is 1.41. The minimum atomic E-state index is -0.301. The Hall–Kier alpha value is -4.81. The SMILES string of the molecule is CSN1Cc2ccc(NC(=O)Nc3ccccc3-c3ccccc3)cc2-c2c(C)c(-c3ccc(C)cc3)c(CC=O)c(C)c21. The van der Waals surface area contributed by atoms with Crippen LogP contribution >= 0.6 is 11.9 Å². The molecule has 0 saturated heterocycles. The lowest BCUT2D eigenvalue weighted by Crippen LogP contribution is -2.23. The maximum atomic E-state index is 13.3. The van der Waals surface area contributed by atoms with Gasteiger partial charge in [0, 0.05) is 29.5 Å². The molecular formula is C38H35N3O2S. The predicted molar refractivity (Wildman–Crippen MR) is 186 cm³/mol. The summed E-state index contributed by atoms with van der Waals surface area (Å²) >= 11 is 1.69. The first-order valence-corrected chi connectivity index (χ1v) is 15.9. The van der Waals surface area contributed by atoms with Gasteiger partial charge in [-0.3, -0.25) is 0 Å². The van der Waals surface area contributed by atoms with E-state index in [9.17, 15) is 9.59 Å². The monoisotopic (exact) mass is 597 g/mol. The molecule has 0 unspecified atom stereocenters. The number of nitrogens with one attached hydrogen (secondary N) is 2. The summed E-state index contributed by atoms with van der Waals surface area (Å²) in [7, 11) is 0. The third kappa shape index (κ3) is 5.49. The van der Waals surface area contributed by atoms with Crippen LogP contribution in [0.3, 0.4) is 0 Å². The van der Waals surface area contributed by atoms with E-state index in [0.717, 1.165) is 74.3 Å². The van der Waals surface area contributed by atoms with Crippen LogP contribution in [-0.2, 0) is 17.8 Å². The van der Waals surface area contributed by atoms with Gasteiger partial charge < -0.3 is 19.7 Å². The highest BCUT2D eigenvalue weighted by molar-refractivity contribution is 7.99. The summed E-state index contributed by atoms with van der Waals surface area (Å²) in [5.41, 5.74) is 14.7. The number of urea groups is 1. The molecule has 1 aliphatic rings. The third-order valence-electron chi connectivity index (χ3n) is 8.41. The lowest BCUT2D eigenvalue weighted by Gasteiger charge is -2.36. The van der Waals surface area contributed by atoms with Crippen LogP contribution in [0.5, 0.6) is 0 Å². The summed E-state index contributed by atoms with van der Waals surface area (Å²) in [5, 5.41) is 6.13. The second kappa shape index (κ2) is 12.4. The van der Waals surface area contributed by atoms with E-state index in [0.29, 0.717) is 12.1 Å². The molecule has 2 amide bonds. The van der Waals surface area contributed by atoms with Crippen molar-refractivity contribution in [3.05, 3.63) is 125 Å². The van der Waals surface area contributed by atoms with Gasteiger partial charge in [0.05, 0.1) is 17.9 Å². The molecule has 6 rings (SSSR count). The Labute approximate surface area is 263 Å². The fourth-order valence-electron chi connectivity index (χ4n) is 6.30. The van der Waals surface area contributed by atoms with Gasteiger partial charge in [-0.05, 0) is 83.5 Å². The van der Waals surface area contributed by atoms with Crippen molar-refractivity contribution in [2.24, 2.45) is 0 Å². The number of aryl methyl sites for hydroxylation is 1. The average molecular weight is 598 g/mol. The Kier molecular flexibility index (Phi) is 8.27. The summed E-state index contributed by atoms with van der Waals surface area (Å²) in [6, 6.07) is 32.2. The molecule has 1 heterocycles. The molecule has 6 heteroatoms. The highest BCUT2D eigenvalue weighted by atomic mass is 32.2. The molecule has 0 spiro atoms. The van der Waals surface area contributed by atoms with Gasteiger partial charge in [-0.25, -0.2) is 4.79 Å². The zero-order chi connectivity index (χ0) is 30.8. The fraction of sp³-hybridized carbons (Fsp3) is 0.158. The summed E-state index contributed by atoms with van der Waals surface area (Å²) in [5.74, 6) is 0. The molecule has 0 saturated carbocycles. The molecule has 0 aromatic heterocycles. The average Bonchev–Trinajstić information content (AvgIpc) is 3.04. The highest BCUT2D eigenvalue weighted by Crippen LogP contribution is 2.50. The van der Waals surface area contributed by atoms with E-state index in [1.165, 1.54) is 11.1 Å². The van der Waals surface area contributed by atoms with E-state index < -0.39 is 0 Å². The van der Waals surface area contributed by atoms with Crippen molar-refractivity contribution in [3.8, 4) is 33.4 Å². The lowest BCUT2D eigenvalue weighted by molar-refractivity contribution is -0.107. The molecule has 0 bridgehead atoms. The quantitative estimate of drug-likeness (QED) is 0.145. The summed E-state index contributed by atoms with van der Waals surface area (Å²) in [6.07, 6.45) is 3.44. The number of aldehydes is 1. The van der Waals surface area contributed by atoms with E-state index in [1.807, 2.05) is 60.7 Å². The predicted octanol–water partition coefficient (Wildman–Crippen LogP) is 9.60. The number of anilines is 3. The van der Waals surface area contributed by atoms with Crippen molar-refractivity contribution >= 4 is 41.3 Å². The number of hydrogen-bond donors (Lipinski definition) is 2. The third-order valence-corrected chi connectivity index (χ3v) is 9.16. The second-order valence-electron chi connectivity index (χ2n) is 11.1. The Morgan fingerprint density at radius 2 is 1.52 bits per heavy atom. The minimum Gasteiger partial charge on any atom is -0.311 e. The zero-order valence-electron chi connectivity index (χ0n) is 25.4. The summed E-state index contributed by atoms with van der Waals surface area (Å²) in [6.45, 7) is 7.09. The Morgan fingerprint density at radius 3 is 2.25 bits per heavy atom. The van der Waals surface area contributed by atoms with Crippen LogP contribution in [0, 0.1) is 20.8 Å². The molecule has 5 aromatic rings. The molecule has 5 nitrogen and oxygen atoms in total. The molecule has 0 radical (unpaired) electrons. The maximum absolute atomic E-state index is 13.3. The second-order valence-corrected chi connectivity index (χ2v) is 12.0. The van der Waals surface area contributed by atoms with Gasteiger partial charge in [0.2, 0.25) is 0 Å². The van der Waals surface area contributed by atoms with Gasteiger partial charge >= 0.3 is 6.03 Å². The molecule has 5 aromatic carbocycles. The molecule has 1 aliphatic heterocycles. The van der Waals surface area contributed by atoms with Crippen molar-refractivity contribution in [1.82, 2.24) is 0 Å². The number of fused-ring (bicyclic) bond motifs is 3. The summed E-state index contributed by atoms with van der Waals surface area (Å²) < 4.78 is 2.31. The molecule has 44 heavy (non-hydrogen) atoms. The molecule has 2 N–H and O–H groups in total. The highest BCUT2D eigenvalue weighted by Gasteiger charge is 2.30. The van der Waals surface area contributed by atoms with Crippen molar-refractivity contribution in [2.45, 2.75) is 33.7 Å². The van der Waals surface area contributed by atoms with Crippen LogP contribution in [0.25, 0.3) is 33.4 Å². The lowest BCUT2D eigenvalue weighted by atomic mass is 9.81. The van der Waals surface area contributed by atoms with Crippen LogP contribution in [-0.4, -0.2) is 18.6 Å². The number of carbonyl (C=O) groups is 2. The van der Waals surface area contributed by atoms with Gasteiger partial charge in [0.15, 0.2) is 0 Å². The number of amides is 2. The van der Waals surface area contributed by atoms with E-state index in [1.54, 1.807) is 11.9 Å². The van der Waals surface area contributed by atoms with Crippen molar-refractivity contribution in [1.29, 1.82) is 0 Å². The van der Waals surface area contributed by atoms with Crippen LogP contribution in [0.4, 0.5) is 21.9 Å². The van der Waals surface area contributed by atoms with Gasteiger partial charge in [-0.15, -0.1) is 0 Å². The Morgan fingerprint density at radius 1 is 0.795 bits per heavy atom. The number of para-hydroxylation sites is 1. The number of carbonyl (C=O) groups excluding carboxylic acids is 2. The largest absolute Gasteiger partial charge is 0.323 e. The van der Waals surface area contributed by atoms with E-state index in [4.69, 9.17) is 0 Å². The summed E-state index contributed by atoms with van der Waals surface area (Å²) in [4.78, 5) is 25.2. The van der Waals surface area contributed by atoms with Gasteiger partial charge in [-0.2, -0.15) is 0 Å². The first-order valence-electron chi connectivity index (χ1n) is 14.7. The number of hydrogen-bond acceptors (Lipinski definition) is 4. The standard InChI is InChI=1S/C38H35N3O2S/c1-24-14-16-28(17-15-24)35-26(3)36-33-22-30(19-18-29(33)23-41(44-4)37(36)25(2)31(35)20-21-42)39-38(43)40-34-13-9-8-12-32(34)27-10-6-5-7-11-27/h5-19,21-22H,20,23H2,1-4H3,(H2,39,40,43). The van der Waals surface area contributed by atoms with Crippen molar-refractivity contribution in [2.75, 3.05) is 21.2 Å². The van der Waals surface area contributed by atoms with Gasteiger partial charge in [-0.1, -0.05) is 96.4 Å². The number of benzene rings is 5.